The Labute approximate surface area is 125 Å². The van der Waals surface area contributed by atoms with E-state index in [-0.39, 0.29) is 12.7 Å². The molecule has 0 spiro atoms. The molecule has 2 heterocycles. The molecule has 5 nitrogen and oxygen atoms in total. The molecule has 1 N–H and O–H groups in total. The average molecular weight is 290 g/mol. The molecule has 5 heteroatoms. The molecule has 1 fully saturated rings. The van der Waals surface area contributed by atoms with Crippen molar-refractivity contribution in [3.05, 3.63) is 23.8 Å². The molecule has 2 atom stereocenters. The summed E-state index contributed by atoms with van der Waals surface area (Å²) in [6, 6.07) is 5.93. The molecule has 0 bridgehead atoms. The van der Waals surface area contributed by atoms with E-state index in [2.05, 4.69) is 12.2 Å². The second-order valence-corrected chi connectivity index (χ2v) is 5.67. The zero-order valence-corrected chi connectivity index (χ0v) is 12.6. The highest BCUT2D eigenvalue weighted by Crippen LogP contribution is 2.33. The highest BCUT2D eigenvalue weighted by atomic mass is 16.7. The summed E-state index contributed by atoms with van der Waals surface area (Å²) < 4.78 is 10.6. The lowest BCUT2D eigenvalue weighted by Gasteiger charge is -2.38. The third kappa shape index (κ3) is 2.70. The van der Waals surface area contributed by atoms with Crippen molar-refractivity contribution in [2.45, 2.75) is 25.8 Å². The van der Waals surface area contributed by atoms with Crippen molar-refractivity contribution in [2.75, 3.05) is 26.9 Å². The summed E-state index contributed by atoms with van der Waals surface area (Å²) in [5.74, 6) is 1.98. The number of hydrogen-bond donors (Lipinski definition) is 1. The largest absolute Gasteiger partial charge is 0.454 e. The van der Waals surface area contributed by atoms with Gasteiger partial charge in [0.05, 0.1) is 0 Å². The lowest BCUT2D eigenvalue weighted by molar-refractivity contribution is 0.0631. The van der Waals surface area contributed by atoms with E-state index in [1.807, 2.05) is 24.1 Å². The number of hydrogen-bond acceptors (Lipinski definition) is 4. The van der Waals surface area contributed by atoms with Gasteiger partial charge in [-0.2, -0.15) is 0 Å². The highest BCUT2D eigenvalue weighted by molar-refractivity contribution is 5.95. The van der Waals surface area contributed by atoms with Crippen molar-refractivity contribution in [3.8, 4) is 11.5 Å². The van der Waals surface area contributed by atoms with Crippen LogP contribution in [-0.4, -0.2) is 43.8 Å². The number of rotatable bonds is 3. The Bertz CT molecular complexity index is 532. The number of piperidine rings is 1. The molecule has 1 saturated heterocycles. The fourth-order valence-electron chi connectivity index (χ4n) is 3.22. The van der Waals surface area contributed by atoms with Gasteiger partial charge in [-0.1, -0.05) is 13.3 Å². The van der Waals surface area contributed by atoms with Gasteiger partial charge in [0.15, 0.2) is 11.5 Å². The van der Waals surface area contributed by atoms with E-state index in [1.54, 1.807) is 6.07 Å². The lowest BCUT2D eigenvalue weighted by atomic mass is 9.89. The molecule has 2 aliphatic heterocycles. The van der Waals surface area contributed by atoms with Crippen LogP contribution in [0.3, 0.4) is 0 Å². The molecule has 0 radical (unpaired) electrons. The van der Waals surface area contributed by atoms with Crippen LogP contribution in [0, 0.1) is 5.92 Å². The SMILES string of the molecule is CCC1CN(C(=O)c2ccc3c(c2)OCO3)CCC1NC. The van der Waals surface area contributed by atoms with Crippen molar-refractivity contribution in [1.29, 1.82) is 0 Å². The Morgan fingerprint density at radius 1 is 1.38 bits per heavy atom. The smallest absolute Gasteiger partial charge is 0.254 e. The van der Waals surface area contributed by atoms with Crippen LogP contribution in [0.15, 0.2) is 18.2 Å². The van der Waals surface area contributed by atoms with Crippen molar-refractivity contribution < 1.29 is 14.3 Å². The van der Waals surface area contributed by atoms with Crippen molar-refractivity contribution >= 4 is 5.91 Å². The average Bonchev–Trinajstić information content (AvgIpc) is 3.00. The van der Waals surface area contributed by atoms with E-state index in [4.69, 9.17) is 9.47 Å². The number of fused-ring (bicyclic) bond motifs is 1. The number of carbonyl (C=O) groups excluding carboxylic acids is 1. The third-order valence-corrected chi connectivity index (χ3v) is 4.54. The van der Waals surface area contributed by atoms with Crippen LogP contribution in [0.4, 0.5) is 0 Å². The normalized spacial score (nSPS) is 24.2. The molecule has 1 amide bonds. The van der Waals surface area contributed by atoms with Crippen molar-refractivity contribution in [3.63, 3.8) is 0 Å². The summed E-state index contributed by atoms with van der Waals surface area (Å²) in [4.78, 5) is 14.6. The van der Waals surface area contributed by atoms with E-state index in [1.165, 1.54) is 0 Å². The maximum Gasteiger partial charge on any atom is 0.254 e. The Morgan fingerprint density at radius 3 is 2.95 bits per heavy atom. The standard InChI is InChI=1S/C16H22N2O3/c1-3-11-9-18(7-6-13(11)17-2)16(19)12-4-5-14-15(8-12)21-10-20-14/h4-5,8,11,13,17H,3,6-7,9-10H2,1-2H3. The predicted octanol–water partition coefficient (Wildman–Crippen LogP) is 1.88. The van der Waals surface area contributed by atoms with Crippen LogP contribution in [0.2, 0.25) is 0 Å². The number of nitrogens with one attached hydrogen (secondary N) is 1. The van der Waals surface area contributed by atoms with Gasteiger partial charge in [-0.05, 0) is 37.6 Å². The first kappa shape index (κ1) is 14.2. The minimum Gasteiger partial charge on any atom is -0.454 e. The van der Waals surface area contributed by atoms with Crippen LogP contribution in [0.25, 0.3) is 0 Å². The zero-order valence-electron chi connectivity index (χ0n) is 12.6. The molecule has 2 aliphatic rings. The second kappa shape index (κ2) is 5.93. The van der Waals surface area contributed by atoms with Gasteiger partial charge in [0, 0.05) is 24.7 Å². The molecular weight excluding hydrogens is 268 g/mol. The summed E-state index contributed by atoms with van der Waals surface area (Å²) in [5, 5.41) is 3.36. The predicted molar refractivity (Wildman–Crippen MR) is 79.7 cm³/mol. The van der Waals surface area contributed by atoms with E-state index in [0.717, 1.165) is 25.9 Å². The van der Waals surface area contributed by atoms with Gasteiger partial charge in [-0.15, -0.1) is 0 Å². The quantitative estimate of drug-likeness (QED) is 0.923. The number of benzene rings is 1. The van der Waals surface area contributed by atoms with Gasteiger partial charge in [-0.25, -0.2) is 0 Å². The van der Waals surface area contributed by atoms with Crippen LogP contribution in [0.5, 0.6) is 11.5 Å². The van der Waals surface area contributed by atoms with E-state index >= 15 is 0 Å². The Kier molecular flexibility index (Phi) is 4.01. The minimum atomic E-state index is 0.0845. The van der Waals surface area contributed by atoms with Crippen LogP contribution < -0.4 is 14.8 Å². The van der Waals surface area contributed by atoms with Gasteiger partial charge in [-0.3, -0.25) is 4.79 Å². The number of nitrogens with zero attached hydrogens (tertiary/aromatic N) is 1. The van der Waals surface area contributed by atoms with Gasteiger partial charge in [0.25, 0.3) is 5.91 Å². The van der Waals surface area contributed by atoms with Crippen molar-refractivity contribution in [2.24, 2.45) is 5.92 Å². The lowest BCUT2D eigenvalue weighted by Crippen LogP contribution is -2.50. The summed E-state index contributed by atoms with van der Waals surface area (Å²) >= 11 is 0. The third-order valence-electron chi connectivity index (χ3n) is 4.54. The molecule has 0 aliphatic carbocycles. The molecule has 0 saturated carbocycles. The fraction of sp³-hybridized carbons (Fsp3) is 0.562. The maximum absolute atomic E-state index is 12.7. The van der Waals surface area contributed by atoms with Gasteiger partial charge < -0.3 is 19.7 Å². The minimum absolute atomic E-state index is 0.0845. The van der Waals surface area contributed by atoms with Crippen LogP contribution in [-0.2, 0) is 0 Å². The van der Waals surface area contributed by atoms with Crippen LogP contribution in [0.1, 0.15) is 30.1 Å². The summed E-state index contributed by atoms with van der Waals surface area (Å²) in [5.41, 5.74) is 0.678. The molecule has 21 heavy (non-hydrogen) atoms. The summed E-state index contributed by atoms with van der Waals surface area (Å²) in [6.07, 6.45) is 2.09. The Hall–Kier alpha value is -1.75. The topological polar surface area (TPSA) is 50.8 Å². The van der Waals surface area contributed by atoms with Gasteiger partial charge >= 0.3 is 0 Å². The fourth-order valence-corrected chi connectivity index (χ4v) is 3.22. The van der Waals surface area contributed by atoms with Crippen molar-refractivity contribution in [1.82, 2.24) is 10.2 Å². The molecular formula is C16H22N2O3. The monoisotopic (exact) mass is 290 g/mol. The van der Waals surface area contributed by atoms with E-state index in [0.29, 0.717) is 29.0 Å². The Balaban J connectivity index is 1.73. The first-order valence-corrected chi connectivity index (χ1v) is 7.59. The number of likely N-dealkylation sites (tertiary alicyclic amines) is 1. The first-order valence-electron chi connectivity index (χ1n) is 7.59. The number of ether oxygens (including phenoxy) is 2. The Morgan fingerprint density at radius 2 is 2.19 bits per heavy atom. The van der Waals surface area contributed by atoms with E-state index < -0.39 is 0 Å². The summed E-state index contributed by atoms with van der Waals surface area (Å²) in [7, 11) is 2.00. The van der Waals surface area contributed by atoms with Crippen LogP contribution >= 0.6 is 0 Å². The second-order valence-electron chi connectivity index (χ2n) is 5.67. The maximum atomic E-state index is 12.7. The van der Waals surface area contributed by atoms with E-state index in [9.17, 15) is 4.79 Å². The first-order chi connectivity index (χ1) is 10.2. The molecule has 1 aromatic carbocycles. The van der Waals surface area contributed by atoms with Gasteiger partial charge in [0.2, 0.25) is 6.79 Å². The summed E-state index contributed by atoms with van der Waals surface area (Å²) in [6.45, 7) is 4.03. The molecule has 0 aromatic heterocycles. The molecule has 1 aromatic rings. The number of carbonyl (C=O) groups is 1. The molecule has 2 unspecified atom stereocenters. The highest BCUT2D eigenvalue weighted by Gasteiger charge is 2.30. The molecule has 114 valence electrons. The number of amides is 1. The molecule has 3 rings (SSSR count). The zero-order chi connectivity index (χ0) is 14.8. The van der Waals surface area contributed by atoms with Gasteiger partial charge in [0.1, 0.15) is 0 Å².